The van der Waals surface area contributed by atoms with Gasteiger partial charge in [0.25, 0.3) is 0 Å². The summed E-state index contributed by atoms with van der Waals surface area (Å²) in [5.41, 5.74) is 2.63. The van der Waals surface area contributed by atoms with Crippen molar-refractivity contribution in [2.75, 3.05) is 5.32 Å². The fourth-order valence-corrected chi connectivity index (χ4v) is 1.68. The summed E-state index contributed by atoms with van der Waals surface area (Å²) >= 11 is 5.81. The zero-order chi connectivity index (χ0) is 13.0. The summed E-state index contributed by atoms with van der Waals surface area (Å²) in [5.74, 6) is 0. The highest BCUT2D eigenvalue weighted by molar-refractivity contribution is 6.30. The van der Waals surface area contributed by atoms with E-state index in [0.29, 0.717) is 5.02 Å². The van der Waals surface area contributed by atoms with Crippen LogP contribution in [0.5, 0.6) is 0 Å². The Kier molecular flexibility index (Phi) is 3.81. The smallest absolute Gasteiger partial charge is 0.141 e. The number of hydrogen-bond acceptors (Lipinski definition) is 3. The highest BCUT2D eigenvalue weighted by Crippen LogP contribution is 2.20. The van der Waals surface area contributed by atoms with Crippen LogP contribution in [0.1, 0.15) is 17.3 Å². The number of nitrogens with one attached hydrogen (secondary N) is 1. The van der Waals surface area contributed by atoms with Gasteiger partial charge in [-0.3, -0.25) is 4.98 Å². The Hall–Kier alpha value is -2.05. The maximum atomic E-state index is 9.20. The molecule has 2 rings (SSSR count). The van der Waals surface area contributed by atoms with E-state index in [2.05, 4.69) is 16.4 Å². The number of anilines is 1. The van der Waals surface area contributed by atoms with Crippen LogP contribution >= 0.6 is 11.6 Å². The first kappa shape index (κ1) is 12.4. The third-order valence-electron chi connectivity index (χ3n) is 2.55. The van der Waals surface area contributed by atoms with Gasteiger partial charge in [0, 0.05) is 28.2 Å². The summed E-state index contributed by atoms with van der Waals surface area (Å²) in [4.78, 5) is 4.19. The number of rotatable bonds is 3. The normalized spacial score (nSPS) is 11.6. The first-order valence-electron chi connectivity index (χ1n) is 5.53. The van der Waals surface area contributed by atoms with E-state index in [4.69, 9.17) is 11.6 Å². The molecule has 0 saturated heterocycles. The van der Waals surface area contributed by atoms with Gasteiger partial charge in [-0.2, -0.15) is 5.26 Å². The zero-order valence-corrected chi connectivity index (χ0v) is 10.6. The van der Waals surface area contributed by atoms with Crippen molar-refractivity contribution in [3.63, 3.8) is 0 Å². The molecule has 0 aliphatic heterocycles. The van der Waals surface area contributed by atoms with E-state index in [1.165, 1.54) is 0 Å². The van der Waals surface area contributed by atoms with Crippen molar-refractivity contribution in [1.82, 2.24) is 4.98 Å². The quantitative estimate of drug-likeness (QED) is 0.912. The predicted octanol–water partition coefficient (Wildman–Crippen LogP) is 3.72. The van der Waals surface area contributed by atoms with Crippen molar-refractivity contribution in [1.29, 1.82) is 5.26 Å². The third-order valence-corrected chi connectivity index (χ3v) is 2.80. The second-order valence-corrected chi connectivity index (χ2v) is 4.38. The molecule has 1 heterocycles. The minimum atomic E-state index is -0.417. The average Bonchev–Trinajstić information content (AvgIpc) is 2.39. The number of halogens is 1. The van der Waals surface area contributed by atoms with E-state index < -0.39 is 6.04 Å². The van der Waals surface area contributed by atoms with Gasteiger partial charge in [-0.25, -0.2) is 0 Å². The van der Waals surface area contributed by atoms with Crippen molar-refractivity contribution in [3.05, 3.63) is 58.9 Å². The fraction of sp³-hybridized carbons (Fsp3) is 0.143. The second-order valence-electron chi connectivity index (χ2n) is 3.95. The average molecular weight is 258 g/mol. The van der Waals surface area contributed by atoms with E-state index in [-0.39, 0.29) is 0 Å². The van der Waals surface area contributed by atoms with Crippen LogP contribution in [0.3, 0.4) is 0 Å². The topological polar surface area (TPSA) is 48.7 Å². The molecule has 0 saturated carbocycles. The van der Waals surface area contributed by atoms with Gasteiger partial charge in [-0.15, -0.1) is 0 Å². The summed E-state index contributed by atoms with van der Waals surface area (Å²) in [7, 11) is 0. The van der Waals surface area contributed by atoms with Crippen molar-refractivity contribution in [3.8, 4) is 6.07 Å². The molecule has 0 bridgehead atoms. The lowest BCUT2D eigenvalue weighted by molar-refractivity contribution is 0.974. The van der Waals surface area contributed by atoms with Crippen LogP contribution < -0.4 is 5.32 Å². The lowest BCUT2D eigenvalue weighted by Crippen LogP contribution is -2.08. The van der Waals surface area contributed by atoms with E-state index in [1.807, 2.05) is 31.2 Å². The molecule has 90 valence electrons. The molecule has 0 radical (unpaired) electrons. The van der Waals surface area contributed by atoms with Crippen LogP contribution in [0, 0.1) is 18.3 Å². The third kappa shape index (κ3) is 2.99. The van der Waals surface area contributed by atoms with Gasteiger partial charge in [-0.05, 0) is 37.3 Å². The van der Waals surface area contributed by atoms with Gasteiger partial charge >= 0.3 is 0 Å². The maximum Gasteiger partial charge on any atom is 0.141 e. The van der Waals surface area contributed by atoms with Gasteiger partial charge in [-0.1, -0.05) is 17.7 Å². The highest BCUT2D eigenvalue weighted by atomic mass is 35.5. The first-order chi connectivity index (χ1) is 8.69. The van der Waals surface area contributed by atoms with Gasteiger partial charge in [0.1, 0.15) is 6.04 Å². The van der Waals surface area contributed by atoms with Crippen molar-refractivity contribution in [2.45, 2.75) is 13.0 Å². The van der Waals surface area contributed by atoms with E-state index in [0.717, 1.165) is 16.9 Å². The van der Waals surface area contributed by atoms with Crippen LogP contribution in [-0.4, -0.2) is 4.98 Å². The zero-order valence-electron chi connectivity index (χ0n) is 9.89. The van der Waals surface area contributed by atoms with Gasteiger partial charge in [0.15, 0.2) is 0 Å². The lowest BCUT2D eigenvalue weighted by Gasteiger charge is -2.13. The van der Waals surface area contributed by atoms with E-state index in [1.54, 1.807) is 18.3 Å². The SMILES string of the molecule is Cc1ccc(C(C#N)Nc2ccc(Cl)cc2)cn1. The fourth-order valence-electron chi connectivity index (χ4n) is 1.55. The summed E-state index contributed by atoms with van der Waals surface area (Å²) in [6.07, 6.45) is 1.71. The molecular weight excluding hydrogens is 246 g/mol. The molecule has 2 aromatic rings. The first-order valence-corrected chi connectivity index (χ1v) is 5.91. The molecule has 1 N–H and O–H groups in total. The molecule has 1 aromatic carbocycles. The Morgan fingerprint density at radius 1 is 1.22 bits per heavy atom. The predicted molar refractivity (Wildman–Crippen MR) is 72.4 cm³/mol. The molecule has 0 aliphatic rings. The Balaban J connectivity index is 2.17. The van der Waals surface area contributed by atoms with E-state index >= 15 is 0 Å². The molecule has 0 spiro atoms. The molecule has 18 heavy (non-hydrogen) atoms. The van der Waals surface area contributed by atoms with Crippen LogP contribution in [0.15, 0.2) is 42.6 Å². The monoisotopic (exact) mass is 257 g/mol. The Bertz CT molecular complexity index is 555. The summed E-state index contributed by atoms with van der Waals surface area (Å²) < 4.78 is 0. The molecule has 3 nitrogen and oxygen atoms in total. The molecule has 0 aliphatic carbocycles. The van der Waals surface area contributed by atoms with Crippen molar-refractivity contribution >= 4 is 17.3 Å². The molecule has 0 amide bonds. The summed E-state index contributed by atoms with van der Waals surface area (Å²) in [5, 5.41) is 13.0. The number of pyridine rings is 1. The Morgan fingerprint density at radius 3 is 2.50 bits per heavy atom. The minimum absolute atomic E-state index is 0.417. The van der Waals surface area contributed by atoms with Crippen LogP contribution in [0.2, 0.25) is 5.02 Å². The molecule has 4 heteroatoms. The number of aryl methyl sites for hydroxylation is 1. The molecular formula is C14H12ClN3. The van der Waals surface area contributed by atoms with Crippen molar-refractivity contribution in [2.24, 2.45) is 0 Å². The Morgan fingerprint density at radius 2 is 1.94 bits per heavy atom. The van der Waals surface area contributed by atoms with Crippen LogP contribution in [0.4, 0.5) is 5.69 Å². The van der Waals surface area contributed by atoms with Gasteiger partial charge < -0.3 is 5.32 Å². The van der Waals surface area contributed by atoms with E-state index in [9.17, 15) is 5.26 Å². The van der Waals surface area contributed by atoms with Crippen LogP contribution in [0.25, 0.3) is 0 Å². The molecule has 1 atom stereocenters. The van der Waals surface area contributed by atoms with Gasteiger partial charge in [0.2, 0.25) is 0 Å². The largest absolute Gasteiger partial charge is 0.366 e. The number of nitriles is 1. The standard InChI is InChI=1S/C14H12ClN3/c1-10-2-3-11(9-17-10)14(8-16)18-13-6-4-12(15)5-7-13/h2-7,9,14,18H,1H3. The number of hydrogen-bond donors (Lipinski definition) is 1. The van der Waals surface area contributed by atoms with Crippen molar-refractivity contribution < 1.29 is 0 Å². The maximum absolute atomic E-state index is 9.20. The molecule has 1 unspecified atom stereocenters. The highest BCUT2D eigenvalue weighted by Gasteiger charge is 2.10. The van der Waals surface area contributed by atoms with Crippen LogP contribution in [-0.2, 0) is 0 Å². The molecule has 0 fully saturated rings. The lowest BCUT2D eigenvalue weighted by atomic mass is 10.1. The Labute approximate surface area is 111 Å². The minimum Gasteiger partial charge on any atom is -0.366 e. The van der Waals surface area contributed by atoms with Gasteiger partial charge in [0.05, 0.1) is 6.07 Å². The molecule has 1 aromatic heterocycles. The second kappa shape index (κ2) is 5.52. The number of benzene rings is 1. The summed E-state index contributed by atoms with van der Waals surface area (Å²) in [6, 6.07) is 12.8. The summed E-state index contributed by atoms with van der Waals surface area (Å²) in [6.45, 7) is 1.91. The number of aromatic nitrogens is 1. The number of nitrogens with zero attached hydrogens (tertiary/aromatic N) is 2.